The molecule has 1 aliphatic carbocycles. The van der Waals surface area contributed by atoms with E-state index < -0.39 is 6.10 Å². The zero-order valence-corrected chi connectivity index (χ0v) is 16.7. The van der Waals surface area contributed by atoms with Crippen molar-refractivity contribution in [2.75, 3.05) is 13.1 Å². The monoisotopic (exact) mass is 392 g/mol. The minimum absolute atomic E-state index is 0.101. The molecule has 1 aromatic rings. The molecule has 2 amide bonds. The van der Waals surface area contributed by atoms with E-state index in [-0.39, 0.29) is 17.9 Å². The van der Waals surface area contributed by atoms with E-state index in [1.165, 1.54) is 19.3 Å². The van der Waals surface area contributed by atoms with Crippen LogP contribution in [0.2, 0.25) is 5.02 Å². The van der Waals surface area contributed by atoms with Gasteiger partial charge in [0, 0.05) is 30.1 Å². The second-order valence-electron chi connectivity index (χ2n) is 7.66. The van der Waals surface area contributed by atoms with Crippen molar-refractivity contribution in [2.24, 2.45) is 5.92 Å². The van der Waals surface area contributed by atoms with Crippen LogP contribution in [0.1, 0.15) is 51.9 Å². The molecular weight excluding hydrogens is 364 g/mol. The average molecular weight is 393 g/mol. The Kier molecular flexibility index (Phi) is 7.00. The van der Waals surface area contributed by atoms with Crippen molar-refractivity contribution in [1.29, 1.82) is 0 Å². The smallest absolute Gasteiger partial charge is 0.260 e. The van der Waals surface area contributed by atoms with Gasteiger partial charge in [0.15, 0.2) is 6.10 Å². The maximum absolute atomic E-state index is 12.6. The van der Waals surface area contributed by atoms with Crippen molar-refractivity contribution in [3.63, 3.8) is 0 Å². The number of hydrogen-bond donors (Lipinski definition) is 1. The van der Waals surface area contributed by atoms with Crippen molar-refractivity contribution in [2.45, 2.75) is 64.0 Å². The number of rotatable bonds is 5. The van der Waals surface area contributed by atoms with Gasteiger partial charge in [-0.25, -0.2) is 0 Å². The summed E-state index contributed by atoms with van der Waals surface area (Å²) in [6.45, 7) is 3.20. The topological polar surface area (TPSA) is 58.6 Å². The van der Waals surface area contributed by atoms with Crippen molar-refractivity contribution in [3.05, 3.63) is 29.3 Å². The van der Waals surface area contributed by atoms with Gasteiger partial charge >= 0.3 is 0 Å². The summed E-state index contributed by atoms with van der Waals surface area (Å²) in [6, 6.07) is 7.08. The van der Waals surface area contributed by atoms with Gasteiger partial charge in [-0.1, -0.05) is 30.9 Å². The number of halogens is 1. The molecule has 27 heavy (non-hydrogen) atoms. The number of ether oxygens (including phenoxy) is 1. The molecule has 2 aliphatic rings. The predicted octanol–water partition coefficient (Wildman–Crippen LogP) is 3.79. The van der Waals surface area contributed by atoms with Crippen LogP contribution < -0.4 is 10.1 Å². The molecule has 0 aromatic heterocycles. The first-order valence-corrected chi connectivity index (χ1v) is 10.4. The molecule has 1 saturated heterocycles. The van der Waals surface area contributed by atoms with Gasteiger partial charge in [-0.2, -0.15) is 0 Å². The van der Waals surface area contributed by atoms with E-state index in [0.717, 1.165) is 38.8 Å². The molecule has 1 aromatic carbocycles. The number of hydrogen-bond acceptors (Lipinski definition) is 3. The first kappa shape index (κ1) is 20.0. The molecule has 0 spiro atoms. The van der Waals surface area contributed by atoms with E-state index in [4.69, 9.17) is 16.3 Å². The molecule has 3 rings (SSSR count). The van der Waals surface area contributed by atoms with Gasteiger partial charge in [0.1, 0.15) is 5.75 Å². The summed E-state index contributed by atoms with van der Waals surface area (Å²) < 4.78 is 5.68. The van der Waals surface area contributed by atoms with Crippen LogP contribution in [0.25, 0.3) is 0 Å². The maximum Gasteiger partial charge on any atom is 0.260 e. The van der Waals surface area contributed by atoms with Gasteiger partial charge in [-0.3, -0.25) is 9.59 Å². The summed E-state index contributed by atoms with van der Waals surface area (Å²) in [4.78, 5) is 27.0. The largest absolute Gasteiger partial charge is 0.481 e. The zero-order valence-electron chi connectivity index (χ0n) is 16.0. The molecular formula is C21H29ClN2O3. The van der Waals surface area contributed by atoms with Crippen molar-refractivity contribution in [3.8, 4) is 5.75 Å². The summed E-state index contributed by atoms with van der Waals surface area (Å²) in [5, 5.41) is 3.69. The fraction of sp³-hybridized carbons (Fsp3) is 0.619. The van der Waals surface area contributed by atoms with Crippen LogP contribution in [0.4, 0.5) is 0 Å². The highest BCUT2D eigenvalue weighted by Crippen LogP contribution is 2.26. The van der Waals surface area contributed by atoms with Gasteiger partial charge in [0.25, 0.3) is 5.91 Å². The van der Waals surface area contributed by atoms with E-state index in [9.17, 15) is 9.59 Å². The maximum atomic E-state index is 12.6. The minimum Gasteiger partial charge on any atom is -0.481 e. The highest BCUT2D eigenvalue weighted by molar-refractivity contribution is 6.30. The third-order valence-corrected chi connectivity index (χ3v) is 5.86. The van der Waals surface area contributed by atoms with Crippen LogP contribution in [0.3, 0.4) is 0 Å². The summed E-state index contributed by atoms with van der Waals surface area (Å²) in [5.41, 5.74) is 0. The number of benzene rings is 1. The Morgan fingerprint density at radius 2 is 1.70 bits per heavy atom. The highest BCUT2D eigenvalue weighted by Gasteiger charge is 2.30. The Morgan fingerprint density at radius 1 is 1.07 bits per heavy atom. The van der Waals surface area contributed by atoms with Gasteiger partial charge < -0.3 is 15.0 Å². The third-order valence-electron chi connectivity index (χ3n) is 5.60. The molecule has 1 aliphatic heterocycles. The Bertz CT molecular complexity index is 635. The fourth-order valence-corrected chi connectivity index (χ4v) is 4.07. The summed E-state index contributed by atoms with van der Waals surface area (Å²) >= 11 is 5.86. The standard InChI is InChI=1S/C21H29ClN2O3/c1-15(27-19-9-7-17(22)8-10-19)20(25)23-18-11-13-24(14-12-18)21(26)16-5-3-2-4-6-16/h7-10,15-16,18H,2-6,11-14H2,1H3,(H,23,25). The Morgan fingerprint density at radius 3 is 2.33 bits per heavy atom. The predicted molar refractivity (Wildman–Crippen MR) is 106 cm³/mol. The molecule has 0 bridgehead atoms. The zero-order chi connectivity index (χ0) is 19.2. The lowest BCUT2D eigenvalue weighted by atomic mass is 9.87. The molecule has 1 unspecified atom stereocenters. The van der Waals surface area contributed by atoms with E-state index in [1.54, 1.807) is 31.2 Å². The lowest BCUT2D eigenvalue weighted by molar-refractivity contribution is -0.137. The minimum atomic E-state index is -0.576. The van der Waals surface area contributed by atoms with Crippen LogP contribution in [-0.4, -0.2) is 41.9 Å². The second kappa shape index (κ2) is 9.45. The van der Waals surface area contributed by atoms with Gasteiger partial charge in [-0.05, 0) is 56.9 Å². The normalized spacial score (nSPS) is 20.1. The number of nitrogens with one attached hydrogen (secondary N) is 1. The molecule has 1 atom stereocenters. The third kappa shape index (κ3) is 5.61. The molecule has 5 nitrogen and oxygen atoms in total. The fourth-order valence-electron chi connectivity index (χ4n) is 3.94. The van der Waals surface area contributed by atoms with E-state index in [0.29, 0.717) is 16.7 Å². The summed E-state index contributed by atoms with van der Waals surface area (Å²) in [7, 11) is 0. The van der Waals surface area contributed by atoms with Crippen molar-refractivity contribution >= 4 is 23.4 Å². The number of carbonyl (C=O) groups is 2. The quantitative estimate of drug-likeness (QED) is 0.829. The summed E-state index contributed by atoms with van der Waals surface area (Å²) in [6.07, 6.45) is 6.71. The number of nitrogens with zero attached hydrogens (tertiary/aromatic N) is 1. The summed E-state index contributed by atoms with van der Waals surface area (Å²) in [5.74, 6) is 1.04. The molecule has 6 heteroatoms. The molecule has 1 heterocycles. The Labute approximate surface area is 166 Å². The van der Waals surface area contributed by atoms with Crippen molar-refractivity contribution in [1.82, 2.24) is 10.2 Å². The lowest BCUT2D eigenvalue weighted by Gasteiger charge is -2.35. The van der Waals surface area contributed by atoms with Gasteiger partial charge in [0.05, 0.1) is 0 Å². The molecule has 1 saturated carbocycles. The van der Waals surface area contributed by atoms with Crippen LogP contribution in [0.5, 0.6) is 5.75 Å². The Balaban J connectivity index is 1.42. The molecule has 1 N–H and O–H groups in total. The number of amides is 2. The number of likely N-dealkylation sites (tertiary alicyclic amines) is 1. The van der Waals surface area contributed by atoms with E-state index in [1.807, 2.05) is 4.90 Å². The average Bonchev–Trinajstić information content (AvgIpc) is 2.70. The number of carbonyl (C=O) groups excluding carboxylic acids is 2. The lowest BCUT2D eigenvalue weighted by Crippen LogP contribution is -2.50. The van der Waals surface area contributed by atoms with Gasteiger partial charge in [-0.15, -0.1) is 0 Å². The molecule has 2 fully saturated rings. The van der Waals surface area contributed by atoms with Crippen LogP contribution in [0, 0.1) is 5.92 Å². The first-order valence-electron chi connectivity index (χ1n) is 10.0. The molecule has 0 radical (unpaired) electrons. The van der Waals surface area contributed by atoms with Crippen LogP contribution >= 0.6 is 11.6 Å². The van der Waals surface area contributed by atoms with Crippen LogP contribution in [-0.2, 0) is 9.59 Å². The van der Waals surface area contributed by atoms with E-state index in [2.05, 4.69) is 5.32 Å². The van der Waals surface area contributed by atoms with E-state index >= 15 is 0 Å². The SMILES string of the molecule is CC(Oc1ccc(Cl)cc1)C(=O)NC1CCN(C(=O)C2CCCCC2)CC1. The van der Waals surface area contributed by atoms with Gasteiger partial charge in [0.2, 0.25) is 5.91 Å². The Hall–Kier alpha value is -1.75. The first-order chi connectivity index (χ1) is 13.0. The van der Waals surface area contributed by atoms with Crippen LogP contribution in [0.15, 0.2) is 24.3 Å². The number of piperidine rings is 1. The second-order valence-corrected chi connectivity index (χ2v) is 8.09. The van der Waals surface area contributed by atoms with Crippen molar-refractivity contribution < 1.29 is 14.3 Å². The highest BCUT2D eigenvalue weighted by atomic mass is 35.5. The molecule has 148 valence electrons.